The van der Waals surface area contributed by atoms with Crippen LogP contribution in [0.3, 0.4) is 0 Å². The Bertz CT molecular complexity index is 540. The summed E-state index contributed by atoms with van der Waals surface area (Å²) in [5, 5.41) is 2.88. The van der Waals surface area contributed by atoms with Gasteiger partial charge >= 0.3 is 6.18 Å². The van der Waals surface area contributed by atoms with Gasteiger partial charge in [0, 0.05) is 30.4 Å². The van der Waals surface area contributed by atoms with E-state index in [0.717, 1.165) is 12.3 Å². The summed E-state index contributed by atoms with van der Waals surface area (Å²) in [7, 11) is 1.61. The van der Waals surface area contributed by atoms with Crippen LogP contribution in [0.1, 0.15) is 22.7 Å². The van der Waals surface area contributed by atoms with E-state index in [2.05, 4.69) is 15.3 Å². The van der Waals surface area contributed by atoms with Crippen LogP contribution in [0.25, 0.3) is 0 Å². The molecule has 19 heavy (non-hydrogen) atoms. The van der Waals surface area contributed by atoms with Crippen molar-refractivity contribution >= 4 is 0 Å². The molecule has 2 aromatic heterocycles. The van der Waals surface area contributed by atoms with E-state index in [1.807, 2.05) is 0 Å². The number of aromatic nitrogens is 2. The highest BCUT2D eigenvalue weighted by Crippen LogP contribution is 2.35. The second-order valence-electron chi connectivity index (χ2n) is 3.96. The van der Waals surface area contributed by atoms with Gasteiger partial charge in [-0.05, 0) is 30.8 Å². The Morgan fingerprint density at radius 2 is 1.68 bits per heavy atom. The van der Waals surface area contributed by atoms with Gasteiger partial charge < -0.3 is 5.32 Å². The average Bonchev–Trinajstić information content (AvgIpc) is 2.40. The monoisotopic (exact) mass is 267 g/mol. The highest BCUT2D eigenvalue weighted by molar-refractivity contribution is 5.36. The fourth-order valence-electron chi connectivity index (χ4n) is 1.95. The Morgan fingerprint density at radius 3 is 2.26 bits per heavy atom. The van der Waals surface area contributed by atoms with Crippen molar-refractivity contribution in [1.29, 1.82) is 0 Å². The number of nitrogens with zero attached hydrogens (tertiary/aromatic N) is 2. The number of rotatable bonds is 3. The lowest BCUT2D eigenvalue weighted by atomic mass is 9.97. The van der Waals surface area contributed by atoms with Crippen molar-refractivity contribution in [3.05, 3.63) is 59.7 Å². The van der Waals surface area contributed by atoms with Crippen molar-refractivity contribution in [2.45, 2.75) is 12.2 Å². The van der Waals surface area contributed by atoms with E-state index in [1.54, 1.807) is 31.6 Å². The molecule has 0 fully saturated rings. The lowest BCUT2D eigenvalue weighted by Crippen LogP contribution is -2.22. The van der Waals surface area contributed by atoms with Crippen molar-refractivity contribution in [2.75, 3.05) is 7.05 Å². The second-order valence-corrected chi connectivity index (χ2v) is 3.96. The zero-order chi connectivity index (χ0) is 13.9. The lowest BCUT2D eigenvalue weighted by Gasteiger charge is -2.21. The summed E-state index contributed by atoms with van der Waals surface area (Å²) in [5.74, 6) is 0. The predicted molar refractivity (Wildman–Crippen MR) is 64.4 cm³/mol. The van der Waals surface area contributed by atoms with Gasteiger partial charge in [-0.25, -0.2) is 0 Å². The maximum Gasteiger partial charge on any atom is 0.416 e. The van der Waals surface area contributed by atoms with Crippen molar-refractivity contribution in [3.63, 3.8) is 0 Å². The normalized spacial score (nSPS) is 13.3. The topological polar surface area (TPSA) is 37.8 Å². The van der Waals surface area contributed by atoms with E-state index in [1.165, 1.54) is 6.20 Å². The number of hydrogen-bond acceptors (Lipinski definition) is 3. The molecule has 0 saturated carbocycles. The van der Waals surface area contributed by atoms with E-state index in [-0.39, 0.29) is 5.56 Å². The van der Waals surface area contributed by atoms with Crippen molar-refractivity contribution < 1.29 is 13.2 Å². The van der Waals surface area contributed by atoms with Crippen LogP contribution in [0.2, 0.25) is 0 Å². The van der Waals surface area contributed by atoms with E-state index in [0.29, 0.717) is 5.56 Å². The van der Waals surface area contributed by atoms with Crippen LogP contribution in [0, 0.1) is 0 Å². The zero-order valence-electron chi connectivity index (χ0n) is 10.1. The Hall–Kier alpha value is -1.95. The van der Waals surface area contributed by atoms with Gasteiger partial charge in [-0.15, -0.1) is 0 Å². The molecule has 1 unspecified atom stereocenters. The molecular formula is C13H12F3N3. The molecule has 2 rings (SSSR count). The van der Waals surface area contributed by atoms with Crippen molar-refractivity contribution in [3.8, 4) is 0 Å². The third-order valence-electron chi connectivity index (χ3n) is 2.80. The van der Waals surface area contributed by atoms with E-state index in [9.17, 15) is 13.2 Å². The molecule has 2 heterocycles. The minimum Gasteiger partial charge on any atom is -0.309 e. The Labute approximate surface area is 108 Å². The average molecular weight is 267 g/mol. The maximum atomic E-state index is 13.0. The van der Waals surface area contributed by atoms with Gasteiger partial charge in [-0.3, -0.25) is 9.97 Å². The molecular weight excluding hydrogens is 255 g/mol. The quantitative estimate of drug-likeness (QED) is 0.929. The van der Waals surface area contributed by atoms with Crippen LogP contribution < -0.4 is 5.32 Å². The summed E-state index contributed by atoms with van der Waals surface area (Å²) in [4.78, 5) is 7.66. The Morgan fingerprint density at radius 1 is 1.05 bits per heavy atom. The molecule has 0 bridgehead atoms. The first-order valence-electron chi connectivity index (χ1n) is 5.62. The van der Waals surface area contributed by atoms with Gasteiger partial charge in [0.25, 0.3) is 0 Å². The summed E-state index contributed by atoms with van der Waals surface area (Å²) < 4.78 is 39.0. The van der Waals surface area contributed by atoms with Crippen LogP contribution in [-0.2, 0) is 6.18 Å². The van der Waals surface area contributed by atoms with E-state index < -0.39 is 17.8 Å². The van der Waals surface area contributed by atoms with Crippen LogP contribution in [0.15, 0.2) is 43.0 Å². The summed E-state index contributed by atoms with van der Waals surface area (Å²) in [6, 6.07) is 3.76. The minimum absolute atomic E-state index is 0.101. The summed E-state index contributed by atoms with van der Waals surface area (Å²) >= 11 is 0. The molecule has 100 valence electrons. The molecule has 0 spiro atoms. The van der Waals surface area contributed by atoms with Crippen LogP contribution >= 0.6 is 0 Å². The molecule has 1 atom stereocenters. The Balaban J connectivity index is 2.51. The van der Waals surface area contributed by atoms with Crippen LogP contribution in [0.5, 0.6) is 0 Å². The largest absolute Gasteiger partial charge is 0.416 e. The molecule has 0 aliphatic rings. The lowest BCUT2D eigenvalue weighted by molar-refractivity contribution is -0.138. The minimum atomic E-state index is -4.40. The molecule has 0 aliphatic carbocycles. The van der Waals surface area contributed by atoms with Crippen molar-refractivity contribution in [2.24, 2.45) is 0 Å². The zero-order valence-corrected chi connectivity index (χ0v) is 10.1. The fraction of sp³-hybridized carbons (Fsp3) is 0.231. The number of pyridine rings is 2. The van der Waals surface area contributed by atoms with Gasteiger partial charge in [-0.2, -0.15) is 13.2 Å². The third kappa shape index (κ3) is 2.90. The third-order valence-corrected chi connectivity index (χ3v) is 2.80. The number of hydrogen-bond donors (Lipinski definition) is 1. The molecule has 6 heteroatoms. The second kappa shape index (κ2) is 5.36. The van der Waals surface area contributed by atoms with Crippen LogP contribution in [0.4, 0.5) is 13.2 Å². The van der Waals surface area contributed by atoms with Gasteiger partial charge in [-0.1, -0.05) is 0 Å². The molecule has 1 N–H and O–H groups in total. The molecule has 0 amide bonds. The molecule has 0 aromatic carbocycles. The molecule has 0 aliphatic heterocycles. The van der Waals surface area contributed by atoms with Crippen LogP contribution in [-0.4, -0.2) is 17.0 Å². The summed E-state index contributed by atoms with van der Waals surface area (Å²) in [5.41, 5.74) is 0.123. The van der Waals surface area contributed by atoms with Crippen molar-refractivity contribution in [1.82, 2.24) is 15.3 Å². The smallest absolute Gasteiger partial charge is 0.309 e. The van der Waals surface area contributed by atoms with Gasteiger partial charge in [0.15, 0.2) is 0 Å². The molecule has 2 aromatic rings. The Kier molecular flexibility index (Phi) is 3.80. The number of alkyl halides is 3. The summed E-state index contributed by atoms with van der Waals surface area (Å²) in [6.45, 7) is 0. The van der Waals surface area contributed by atoms with E-state index in [4.69, 9.17) is 0 Å². The predicted octanol–water partition coefficient (Wildman–Crippen LogP) is 2.80. The van der Waals surface area contributed by atoms with E-state index >= 15 is 0 Å². The fourth-order valence-corrected chi connectivity index (χ4v) is 1.95. The molecule has 0 radical (unpaired) electrons. The first-order chi connectivity index (χ1) is 9.04. The van der Waals surface area contributed by atoms with Gasteiger partial charge in [0.05, 0.1) is 11.6 Å². The summed E-state index contributed by atoms with van der Waals surface area (Å²) in [6.07, 6.45) is 1.07. The highest BCUT2D eigenvalue weighted by Gasteiger charge is 2.35. The first kappa shape index (κ1) is 13.5. The number of halogens is 3. The molecule has 3 nitrogen and oxygen atoms in total. The standard InChI is InChI=1S/C13H12F3N3/c1-17-12(9-2-5-18-6-3-9)10-8-19-7-4-11(10)13(14,15)16/h2-8,12,17H,1H3. The maximum absolute atomic E-state index is 13.0. The first-order valence-corrected chi connectivity index (χ1v) is 5.62. The number of nitrogens with one attached hydrogen (secondary N) is 1. The SMILES string of the molecule is CNC(c1ccncc1)c1cnccc1C(F)(F)F. The molecule has 0 saturated heterocycles. The van der Waals surface area contributed by atoms with Gasteiger partial charge in [0.1, 0.15) is 0 Å². The van der Waals surface area contributed by atoms with Gasteiger partial charge in [0.2, 0.25) is 0 Å². The highest BCUT2D eigenvalue weighted by atomic mass is 19.4.